The fraction of sp³-hybridized carbons (Fsp3) is 0.500. The summed E-state index contributed by atoms with van der Waals surface area (Å²) in [5.74, 6) is -4.18. The van der Waals surface area contributed by atoms with Crippen molar-refractivity contribution < 1.29 is 22.7 Å². The number of alkyl halides is 2. The Hall–Kier alpha value is -2.37. The fourth-order valence-electron chi connectivity index (χ4n) is 2.72. The lowest BCUT2D eigenvalue weighted by molar-refractivity contribution is -0.00248. The van der Waals surface area contributed by atoms with Crippen molar-refractivity contribution in [1.82, 2.24) is 24.6 Å². The number of pyridine rings is 1. The molecule has 8 nitrogen and oxygen atoms in total. The van der Waals surface area contributed by atoms with Gasteiger partial charge in [0.2, 0.25) is 0 Å². The zero-order valence-corrected chi connectivity index (χ0v) is 16.9. The van der Waals surface area contributed by atoms with Gasteiger partial charge in [0.15, 0.2) is 17.5 Å². The van der Waals surface area contributed by atoms with Gasteiger partial charge in [0.1, 0.15) is 22.6 Å². The van der Waals surface area contributed by atoms with E-state index in [-0.39, 0.29) is 21.9 Å². The molecule has 0 aromatic carbocycles. The number of amides is 1. The third kappa shape index (κ3) is 4.21. The van der Waals surface area contributed by atoms with Crippen LogP contribution in [0.4, 0.5) is 23.7 Å². The van der Waals surface area contributed by atoms with Gasteiger partial charge < -0.3 is 10.5 Å². The molecule has 1 saturated heterocycles. The van der Waals surface area contributed by atoms with E-state index in [1.165, 1.54) is 0 Å². The van der Waals surface area contributed by atoms with E-state index in [0.29, 0.717) is 0 Å². The van der Waals surface area contributed by atoms with Gasteiger partial charge in [0, 0.05) is 12.5 Å². The second-order valence-electron chi connectivity index (χ2n) is 7.41. The van der Waals surface area contributed by atoms with Crippen LogP contribution in [0.15, 0.2) is 17.0 Å². The average Bonchev–Trinajstić information content (AvgIpc) is 3.13. The third-order valence-electron chi connectivity index (χ3n) is 3.86. The minimum absolute atomic E-state index is 0.0721. The molecule has 0 saturated carbocycles. The van der Waals surface area contributed by atoms with Gasteiger partial charge in [-0.3, -0.25) is 4.90 Å². The van der Waals surface area contributed by atoms with Crippen molar-refractivity contribution in [2.45, 2.75) is 44.8 Å². The van der Waals surface area contributed by atoms with Crippen LogP contribution in [0.5, 0.6) is 0 Å². The molecule has 1 aliphatic heterocycles. The summed E-state index contributed by atoms with van der Waals surface area (Å²) in [6.45, 7) is 4.08. The zero-order valence-electron chi connectivity index (χ0n) is 15.3. The quantitative estimate of drug-likeness (QED) is 0.685. The third-order valence-corrected chi connectivity index (χ3v) is 4.50. The van der Waals surface area contributed by atoms with Gasteiger partial charge in [0.05, 0.1) is 12.2 Å². The van der Waals surface area contributed by atoms with Gasteiger partial charge in [-0.1, -0.05) is 0 Å². The van der Waals surface area contributed by atoms with Gasteiger partial charge >= 0.3 is 6.09 Å². The second kappa shape index (κ2) is 6.90. The Morgan fingerprint density at radius 2 is 2.11 bits per heavy atom. The number of likely N-dealkylation sites (tertiary alicyclic amines) is 1. The van der Waals surface area contributed by atoms with Crippen LogP contribution in [0.2, 0.25) is 0 Å². The zero-order chi connectivity index (χ0) is 20.9. The number of carbonyl (C=O) groups is 1. The Morgan fingerprint density at radius 1 is 1.43 bits per heavy atom. The predicted octanol–water partition coefficient (Wildman–Crippen LogP) is 3.46. The topological polar surface area (TPSA) is 99.2 Å². The molecular weight excluding hydrogens is 445 g/mol. The fourth-order valence-corrected chi connectivity index (χ4v) is 3.01. The van der Waals surface area contributed by atoms with Gasteiger partial charge in [0.25, 0.3) is 5.92 Å². The summed E-state index contributed by atoms with van der Waals surface area (Å²) in [5.41, 5.74) is 4.81. The smallest absolute Gasteiger partial charge is 0.411 e. The summed E-state index contributed by atoms with van der Waals surface area (Å²) in [7, 11) is 0. The number of carbonyl (C=O) groups excluding carboxylic acids is 1. The first-order valence-corrected chi connectivity index (χ1v) is 9.06. The molecule has 0 aliphatic carbocycles. The number of ether oxygens (including phenoxy) is 1. The van der Waals surface area contributed by atoms with E-state index >= 15 is 0 Å². The molecule has 2 aromatic heterocycles. The molecule has 2 N–H and O–H groups in total. The number of anilines is 1. The van der Waals surface area contributed by atoms with E-state index < -0.39 is 42.4 Å². The summed E-state index contributed by atoms with van der Waals surface area (Å²) in [5, 5.41) is 4.05. The highest BCUT2D eigenvalue weighted by molar-refractivity contribution is 9.10. The molecule has 2 aromatic rings. The molecule has 0 spiro atoms. The largest absolute Gasteiger partial charge is 0.444 e. The Labute approximate surface area is 167 Å². The van der Waals surface area contributed by atoms with Crippen LogP contribution in [0.25, 0.3) is 5.82 Å². The summed E-state index contributed by atoms with van der Waals surface area (Å²) < 4.78 is 48.6. The van der Waals surface area contributed by atoms with Crippen LogP contribution in [0.1, 0.15) is 39.1 Å². The van der Waals surface area contributed by atoms with E-state index in [1.54, 1.807) is 20.8 Å². The first kappa shape index (κ1) is 20.4. The van der Waals surface area contributed by atoms with Crippen LogP contribution in [-0.4, -0.2) is 48.8 Å². The van der Waals surface area contributed by atoms with Crippen molar-refractivity contribution in [3.05, 3.63) is 28.6 Å². The molecule has 1 amide bonds. The van der Waals surface area contributed by atoms with Crippen molar-refractivity contribution in [3.63, 3.8) is 0 Å². The monoisotopic (exact) mass is 462 g/mol. The lowest BCUT2D eigenvalue weighted by Crippen LogP contribution is -2.38. The first-order valence-electron chi connectivity index (χ1n) is 8.27. The molecule has 12 heteroatoms. The Morgan fingerprint density at radius 3 is 2.75 bits per heavy atom. The van der Waals surface area contributed by atoms with Crippen molar-refractivity contribution in [1.29, 1.82) is 0 Å². The number of aromatic nitrogens is 4. The lowest BCUT2D eigenvalue weighted by Gasteiger charge is -2.27. The maximum absolute atomic E-state index is 14.2. The van der Waals surface area contributed by atoms with Crippen LogP contribution >= 0.6 is 15.9 Å². The minimum Gasteiger partial charge on any atom is -0.444 e. The van der Waals surface area contributed by atoms with Gasteiger partial charge in [-0.05, 0) is 36.7 Å². The molecule has 1 aliphatic rings. The maximum Gasteiger partial charge on any atom is 0.411 e. The summed E-state index contributed by atoms with van der Waals surface area (Å²) >= 11 is 3.09. The molecule has 152 valence electrons. The van der Waals surface area contributed by atoms with Gasteiger partial charge in [-0.15, -0.1) is 5.10 Å². The lowest BCUT2D eigenvalue weighted by atomic mass is 10.2. The molecule has 0 radical (unpaired) electrons. The predicted molar refractivity (Wildman–Crippen MR) is 96.5 cm³/mol. The molecule has 1 atom stereocenters. The first-order chi connectivity index (χ1) is 12.9. The summed E-state index contributed by atoms with van der Waals surface area (Å²) in [6, 6.07) is -0.0730. The molecular formula is C16H18BrF3N6O2. The number of halogens is 4. The number of hydrogen-bond donors (Lipinski definition) is 1. The molecule has 0 unspecified atom stereocenters. The number of nitrogens with zero attached hydrogens (tertiary/aromatic N) is 5. The van der Waals surface area contributed by atoms with Crippen molar-refractivity contribution in [2.24, 2.45) is 0 Å². The maximum atomic E-state index is 14.2. The van der Waals surface area contributed by atoms with E-state index in [1.807, 2.05) is 0 Å². The van der Waals surface area contributed by atoms with E-state index in [9.17, 15) is 18.0 Å². The SMILES string of the molecule is CC(C)(C)OC(=O)N1CC(F)(F)C[C@H]1c1ncn(-c2nc(Br)c(N)cc2F)n1. The van der Waals surface area contributed by atoms with Gasteiger partial charge in [-0.25, -0.2) is 27.9 Å². The van der Waals surface area contributed by atoms with E-state index in [2.05, 4.69) is 31.0 Å². The highest BCUT2D eigenvalue weighted by Gasteiger charge is 2.50. The van der Waals surface area contributed by atoms with Crippen molar-refractivity contribution in [3.8, 4) is 5.82 Å². The van der Waals surface area contributed by atoms with Crippen LogP contribution in [0, 0.1) is 5.82 Å². The number of nitrogen functional groups attached to an aromatic ring is 1. The number of hydrogen-bond acceptors (Lipinski definition) is 6. The van der Waals surface area contributed by atoms with Crippen molar-refractivity contribution in [2.75, 3.05) is 12.3 Å². The highest BCUT2D eigenvalue weighted by atomic mass is 79.9. The molecule has 3 heterocycles. The average molecular weight is 463 g/mol. The molecule has 3 rings (SSSR count). The van der Waals surface area contributed by atoms with Gasteiger partial charge in [-0.2, -0.15) is 4.68 Å². The molecule has 28 heavy (non-hydrogen) atoms. The Balaban J connectivity index is 1.92. The van der Waals surface area contributed by atoms with Crippen molar-refractivity contribution >= 4 is 27.7 Å². The van der Waals surface area contributed by atoms with Crippen LogP contribution < -0.4 is 5.73 Å². The van der Waals surface area contributed by atoms with E-state index in [0.717, 1.165) is 22.0 Å². The molecule has 1 fully saturated rings. The van der Waals surface area contributed by atoms with Crippen LogP contribution in [0.3, 0.4) is 0 Å². The molecule has 0 bridgehead atoms. The summed E-state index contributed by atoms with van der Waals surface area (Å²) in [6.07, 6.45) is -0.435. The van der Waals surface area contributed by atoms with Crippen LogP contribution in [-0.2, 0) is 4.74 Å². The normalized spacial score (nSPS) is 19.1. The number of rotatable bonds is 2. The summed E-state index contributed by atoms with van der Waals surface area (Å²) in [4.78, 5) is 21.2. The standard InChI is InChI=1S/C16H18BrF3N6O2/c1-15(2,3)28-14(27)25-6-16(19,20)5-10(25)12-22-7-26(24-12)13-8(18)4-9(21)11(17)23-13/h4,7,10H,5-6,21H2,1-3H3/t10-/m0/s1. The Bertz CT molecular complexity index is 914. The van der Waals surface area contributed by atoms with E-state index in [4.69, 9.17) is 10.5 Å². The highest BCUT2D eigenvalue weighted by Crippen LogP contribution is 2.40. The second-order valence-corrected chi connectivity index (χ2v) is 8.16. The minimum atomic E-state index is -3.12. The number of nitrogens with two attached hydrogens (primary N) is 1. The Kier molecular flexibility index (Phi) is 5.02.